The Labute approximate surface area is 276 Å². The van der Waals surface area contributed by atoms with Gasteiger partial charge in [0.25, 0.3) is 5.91 Å². The van der Waals surface area contributed by atoms with Crippen LogP contribution >= 0.6 is 0 Å². The van der Waals surface area contributed by atoms with E-state index in [0.717, 1.165) is 65.9 Å². The van der Waals surface area contributed by atoms with Crippen molar-refractivity contribution in [2.45, 2.75) is 51.6 Å². The predicted octanol–water partition coefficient (Wildman–Crippen LogP) is 5.96. The van der Waals surface area contributed by atoms with Crippen LogP contribution in [0.25, 0.3) is 33.5 Å². The van der Waals surface area contributed by atoms with Crippen molar-refractivity contribution in [1.82, 2.24) is 29.9 Å². The average molecular weight is 648 g/mol. The number of amides is 1. The minimum Gasteiger partial charge on any atom is -0.421 e. The molecule has 8 rings (SSSR count). The molecule has 0 radical (unpaired) electrons. The second-order valence-corrected chi connectivity index (χ2v) is 12.8. The highest BCUT2D eigenvalue weighted by Gasteiger charge is 2.44. The molecular weight excluding hydrogens is 613 g/mol. The van der Waals surface area contributed by atoms with Gasteiger partial charge < -0.3 is 18.8 Å². The second kappa shape index (κ2) is 12.2. The van der Waals surface area contributed by atoms with Crippen LogP contribution in [-0.4, -0.2) is 68.7 Å². The average Bonchev–Trinajstić information content (AvgIpc) is 3.82. The molecule has 0 N–H and O–H groups in total. The fourth-order valence-corrected chi connectivity index (χ4v) is 7.34. The number of nitriles is 1. The van der Waals surface area contributed by atoms with Crippen molar-refractivity contribution in [3.05, 3.63) is 82.4 Å². The normalized spacial score (nSPS) is 18.6. The summed E-state index contributed by atoms with van der Waals surface area (Å²) in [5, 5.41) is 23.3. The maximum absolute atomic E-state index is 14.5. The molecule has 2 atom stereocenters. The smallest absolute Gasteiger partial charge is 0.257 e. The number of fused-ring (bicyclic) bond motifs is 4. The van der Waals surface area contributed by atoms with Gasteiger partial charge in [0.15, 0.2) is 0 Å². The van der Waals surface area contributed by atoms with Gasteiger partial charge in [-0.2, -0.15) is 10.4 Å². The number of halogens is 1. The van der Waals surface area contributed by atoms with Gasteiger partial charge in [0.2, 0.25) is 11.8 Å². The van der Waals surface area contributed by atoms with Crippen LogP contribution in [0.1, 0.15) is 77.0 Å². The summed E-state index contributed by atoms with van der Waals surface area (Å²) in [6.45, 7) is 6.58. The fourth-order valence-electron chi connectivity index (χ4n) is 7.34. The predicted molar refractivity (Wildman–Crippen MR) is 172 cm³/mol. The number of morpholine rings is 1. The maximum Gasteiger partial charge on any atom is 0.257 e. The number of aromatic nitrogens is 5. The van der Waals surface area contributed by atoms with Gasteiger partial charge in [0.05, 0.1) is 65.1 Å². The molecule has 48 heavy (non-hydrogen) atoms. The van der Waals surface area contributed by atoms with Gasteiger partial charge in [0, 0.05) is 37.6 Å². The van der Waals surface area contributed by atoms with E-state index in [9.17, 15) is 9.18 Å². The van der Waals surface area contributed by atoms with Crippen molar-refractivity contribution < 1.29 is 23.1 Å². The van der Waals surface area contributed by atoms with Crippen LogP contribution in [0, 0.1) is 30.0 Å². The van der Waals surface area contributed by atoms with Gasteiger partial charge in [-0.3, -0.25) is 14.5 Å². The fraction of sp³-hybridized carbons (Fsp3) is 0.389. The number of aryl methyl sites for hydroxylation is 2. The molecule has 6 heterocycles. The zero-order valence-electron chi connectivity index (χ0n) is 26.8. The molecule has 3 aliphatic rings. The minimum absolute atomic E-state index is 0.00227. The summed E-state index contributed by atoms with van der Waals surface area (Å²) in [7, 11) is 0. The quantitative estimate of drug-likeness (QED) is 0.210. The van der Waals surface area contributed by atoms with Crippen LogP contribution in [0.4, 0.5) is 4.39 Å². The summed E-state index contributed by atoms with van der Waals surface area (Å²) in [5.74, 6) is 0.630. The van der Waals surface area contributed by atoms with Crippen molar-refractivity contribution >= 4 is 16.8 Å². The zero-order chi connectivity index (χ0) is 32.9. The molecule has 3 aliphatic heterocycles. The van der Waals surface area contributed by atoms with E-state index < -0.39 is 5.82 Å². The number of pyridine rings is 1. The van der Waals surface area contributed by atoms with Gasteiger partial charge in [-0.05, 0) is 73.9 Å². The summed E-state index contributed by atoms with van der Waals surface area (Å²) in [5.41, 5.74) is 5.85. The number of hydrogen-bond acceptors (Lipinski definition) is 9. The number of carbonyl (C=O) groups is 1. The van der Waals surface area contributed by atoms with Crippen molar-refractivity contribution in [1.29, 1.82) is 5.26 Å². The molecule has 11 nitrogen and oxygen atoms in total. The third-order valence-corrected chi connectivity index (χ3v) is 9.94. The van der Waals surface area contributed by atoms with E-state index >= 15 is 0 Å². The molecule has 0 saturated carbocycles. The molecule has 5 aromatic rings. The van der Waals surface area contributed by atoms with E-state index in [4.69, 9.17) is 24.1 Å². The first-order valence-electron chi connectivity index (χ1n) is 16.4. The highest BCUT2D eigenvalue weighted by atomic mass is 19.1. The Morgan fingerprint density at radius 2 is 1.92 bits per heavy atom. The zero-order valence-corrected chi connectivity index (χ0v) is 26.8. The van der Waals surface area contributed by atoms with Crippen LogP contribution in [0.2, 0.25) is 0 Å². The lowest BCUT2D eigenvalue weighted by Crippen LogP contribution is -2.38. The van der Waals surface area contributed by atoms with Crippen molar-refractivity contribution in [2.24, 2.45) is 5.92 Å². The van der Waals surface area contributed by atoms with Gasteiger partial charge in [-0.15, -0.1) is 10.2 Å². The first-order valence-corrected chi connectivity index (χ1v) is 16.4. The van der Waals surface area contributed by atoms with Crippen LogP contribution in [0.15, 0.2) is 47.0 Å². The molecule has 0 bridgehead atoms. The van der Waals surface area contributed by atoms with E-state index in [2.05, 4.69) is 15.3 Å². The Morgan fingerprint density at radius 1 is 1.06 bits per heavy atom. The lowest BCUT2D eigenvalue weighted by molar-refractivity contribution is 0.00352. The molecule has 1 amide bonds. The lowest BCUT2D eigenvalue weighted by atomic mass is 9.88. The monoisotopic (exact) mass is 647 g/mol. The number of rotatable bonds is 7. The molecule has 0 spiro atoms. The third-order valence-electron chi connectivity index (χ3n) is 9.94. The summed E-state index contributed by atoms with van der Waals surface area (Å²) in [6, 6.07) is 11.9. The first kappa shape index (κ1) is 30.4. The number of hydrogen-bond donors (Lipinski definition) is 0. The SMILES string of the molecule is Cc1nnc(-c2c(CCC3CCOCC3)nc3c(c2-c2ccc4c(cnn4C(C)c4ccc(C#N)c(F)c4)c2)C(=O)N2CCOCC32)o1. The topological polar surface area (TPSA) is 132 Å². The molecule has 0 aliphatic carbocycles. The van der Waals surface area contributed by atoms with E-state index in [-0.39, 0.29) is 23.6 Å². The molecular formula is C36H34FN7O4. The van der Waals surface area contributed by atoms with Crippen LogP contribution in [0.5, 0.6) is 0 Å². The summed E-state index contributed by atoms with van der Waals surface area (Å²) < 4.78 is 33.9. The Balaban J connectivity index is 1.28. The standard InChI is InChI=1S/C36H34FN7O4/c1-20(23-4-5-25(17-38)27(37)16-23)44-29-8-6-24(15-26(29)18-39-44)31-32(35-42-41-21(2)48-35)28(7-3-22-9-12-46-13-10-22)40-34-30-19-47-14-11-43(30)36(45)33(31)34/h4-6,8,15-16,18,20,22,30H,3,7,9-14,19H2,1-2H3. The minimum atomic E-state index is -0.560. The van der Waals surface area contributed by atoms with Crippen molar-refractivity contribution in [3.63, 3.8) is 0 Å². The van der Waals surface area contributed by atoms with Crippen molar-refractivity contribution in [2.75, 3.05) is 33.0 Å². The van der Waals surface area contributed by atoms with Gasteiger partial charge in [0.1, 0.15) is 11.9 Å². The lowest BCUT2D eigenvalue weighted by Gasteiger charge is -2.29. The molecule has 2 saturated heterocycles. The summed E-state index contributed by atoms with van der Waals surface area (Å²) >= 11 is 0. The maximum atomic E-state index is 14.5. The Morgan fingerprint density at radius 3 is 2.69 bits per heavy atom. The number of benzene rings is 2. The second-order valence-electron chi connectivity index (χ2n) is 12.8. The van der Waals surface area contributed by atoms with E-state index in [1.54, 1.807) is 19.2 Å². The summed E-state index contributed by atoms with van der Waals surface area (Å²) in [4.78, 5) is 21.3. The van der Waals surface area contributed by atoms with Crippen molar-refractivity contribution in [3.8, 4) is 28.7 Å². The highest BCUT2D eigenvalue weighted by Crippen LogP contribution is 2.46. The molecule has 3 aromatic heterocycles. The van der Waals surface area contributed by atoms with E-state index in [0.29, 0.717) is 60.6 Å². The van der Waals surface area contributed by atoms with Gasteiger partial charge in [-0.1, -0.05) is 12.1 Å². The Bertz CT molecular complexity index is 2090. The summed E-state index contributed by atoms with van der Waals surface area (Å²) in [6.07, 6.45) is 5.39. The van der Waals surface area contributed by atoms with Gasteiger partial charge in [-0.25, -0.2) is 4.39 Å². The van der Waals surface area contributed by atoms with E-state index in [1.165, 1.54) is 12.1 Å². The molecule has 244 valence electrons. The van der Waals surface area contributed by atoms with Crippen LogP contribution < -0.4 is 0 Å². The molecule has 2 unspecified atom stereocenters. The third kappa shape index (κ3) is 5.14. The first-order chi connectivity index (χ1) is 23.4. The molecule has 12 heteroatoms. The number of carbonyl (C=O) groups excluding carboxylic acids is 1. The molecule has 2 aromatic carbocycles. The molecule has 2 fully saturated rings. The van der Waals surface area contributed by atoms with E-state index in [1.807, 2.05) is 40.8 Å². The van der Waals surface area contributed by atoms with Crippen LogP contribution in [0.3, 0.4) is 0 Å². The van der Waals surface area contributed by atoms with Crippen LogP contribution in [-0.2, 0) is 15.9 Å². The number of ether oxygens (including phenoxy) is 2. The highest BCUT2D eigenvalue weighted by molar-refractivity contribution is 6.08. The largest absolute Gasteiger partial charge is 0.421 e. The Kier molecular flexibility index (Phi) is 7.73. The van der Waals surface area contributed by atoms with Gasteiger partial charge >= 0.3 is 0 Å². The number of nitrogens with zero attached hydrogens (tertiary/aromatic N) is 7. The Hall–Kier alpha value is -4.99.